The van der Waals surface area contributed by atoms with E-state index in [4.69, 9.17) is 0 Å². The van der Waals surface area contributed by atoms with Gasteiger partial charge in [0.15, 0.2) is 0 Å². The van der Waals surface area contributed by atoms with Gasteiger partial charge in [-0.15, -0.1) is 0 Å². The first-order chi connectivity index (χ1) is 7.31. The summed E-state index contributed by atoms with van der Waals surface area (Å²) in [4.78, 5) is 0. The van der Waals surface area contributed by atoms with E-state index in [0.29, 0.717) is 0 Å². The second kappa shape index (κ2) is 5.61. The van der Waals surface area contributed by atoms with Crippen molar-refractivity contribution >= 4 is 10.9 Å². The molecule has 88 valence electrons. The molecule has 1 aliphatic carbocycles. The Morgan fingerprint density at radius 3 is 2.20 bits per heavy atom. The lowest BCUT2D eigenvalue weighted by atomic mass is 9.81. The van der Waals surface area contributed by atoms with Crippen LogP contribution in [-0.4, -0.2) is 16.8 Å². The van der Waals surface area contributed by atoms with Gasteiger partial charge in [0.2, 0.25) is 0 Å². The molecular weight excluding hydrogens is 200 g/mol. The number of hydrogen-bond acceptors (Lipinski definition) is 0. The Labute approximate surface area is 98.6 Å². The summed E-state index contributed by atoms with van der Waals surface area (Å²) in [6.45, 7) is 4.88. The molecule has 0 aromatic rings. The molecule has 0 aromatic heterocycles. The van der Waals surface area contributed by atoms with Crippen molar-refractivity contribution in [1.82, 2.24) is 0 Å². The zero-order chi connectivity index (χ0) is 10.7. The van der Waals surface area contributed by atoms with E-state index in [1.54, 1.807) is 24.3 Å². The smallest absolute Gasteiger partial charge is 0.0625 e. The van der Waals surface area contributed by atoms with Crippen LogP contribution in [0.3, 0.4) is 0 Å². The van der Waals surface area contributed by atoms with Gasteiger partial charge in [0.25, 0.3) is 0 Å². The highest BCUT2D eigenvalue weighted by Gasteiger charge is 2.38. The van der Waals surface area contributed by atoms with E-state index in [2.05, 4.69) is 13.8 Å². The first-order valence-electron chi connectivity index (χ1n) is 6.97. The summed E-state index contributed by atoms with van der Waals surface area (Å²) in [6, 6.07) is 0. The van der Waals surface area contributed by atoms with Gasteiger partial charge in [0, 0.05) is 5.92 Å². The Morgan fingerprint density at radius 2 is 1.67 bits per heavy atom. The average molecular weight is 227 g/mol. The van der Waals surface area contributed by atoms with Crippen LogP contribution in [0.15, 0.2) is 0 Å². The second-order valence-electron chi connectivity index (χ2n) is 5.62. The molecule has 0 aromatic carbocycles. The lowest BCUT2D eigenvalue weighted by Crippen LogP contribution is -2.33. The Hall–Kier alpha value is 0.350. The molecule has 2 aliphatic rings. The van der Waals surface area contributed by atoms with Gasteiger partial charge in [0.05, 0.1) is 0 Å². The molecule has 1 heteroatoms. The Balaban J connectivity index is 1.88. The van der Waals surface area contributed by atoms with E-state index >= 15 is 0 Å². The van der Waals surface area contributed by atoms with Gasteiger partial charge in [-0.3, -0.25) is 0 Å². The Bertz CT molecular complexity index is 176. The van der Waals surface area contributed by atoms with Gasteiger partial charge < -0.3 is 0 Å². The molecule has 2 fully saturated rings. The van der Waals surface area contributed by atoms with E-state index in [9.17, 15) is 0 Å². The lowest BCUT2D eigenvalue weighted by Gasteiger charge is -2.30. The summed E-state index contributed by atoms with van der Waals surface area (Å²) in [5.41, 5.74) is 0. The van der Waals surface area contributed by atoms with Crippen LogP contribution in [0.5, 0.6) is 0 Å². The van der Waals surface area contributed by atoms with Crippen LogP contribution in [0.1, 0.15) is 58.8 Å². The van der Waals surface area contributed by atoms with Gasteiger partial charge in [-0.2, -0.15) is 0 Å². The summed E-state index contributed by atoms with van der Waals surface area (Å²) >= 11 is 0. The average Bonchev–Trinajstić information content (AvgIpc) is 2.75. The van der Waals surface area contributed by atoms with Crippen molar-refractivity contribution in [2.45, 2.75) is 64.0 Å². The van der Waals surface area contributed by atoms with Crippen molar-refractivity contribution in [3.05, 3.63) is 0 Å². The van der Waals surface area contributed by atoms with Crippen molar-refractivity contribution < 1.29 is 0 Å². The Morgan fingerprint density at radius 1 is 1.07 bits per heavy atom. The molecular formula is C14H27S+. The minimum atomic E-state index is 0.826. The molecule has 0 nitrogen and oxygen atoms in total. The van der Waals surface area contributed by atoms with Gasteiger partial charge in [0.1, 0.15) is 16.8 Å². The summed E-state index contributed by atoms with van der Waals surface area (Å²) in [5.74, 6) is 5.27. The first-order valence-corrected chi connectivity index (χ1v) is 8.60. The van der Waals surface area contributed by atoms with Crippen LogP contribution < -0.4 is 0 Å². The molecule has 0 radical (unpaired) electrons. The van der Waals surface area contributed by atoms with Crippen molar-refractivity contribution in [2.75, 3.05) is 11.5 Å². The zero-order valence-electron chi connectivity index (χ0n) is 10.5. The normalized spacial score (nSPS) is 35.6. The highest BCUT2D eigenvalue weighted by molar-refractivity contribution is 7.97. The molecule has 1 heterocycles. The fourth-order valence-electron chi connectivity index (χ4n) is 3.48. The summed E-state index contributed by atoms with van der Waals surface area (Å²) < 4.78 is 0. The van der Waals surface area contributed by atoms with Gasteiger partial charge in [-0.1, -0.05) is 26.7 Å². The van der Waals surface area contributed by atoms with Gasteiger partial charge in [-0.25, -0.2) is 0 Å². The standard InChI is InChI=1S/C14H27S/c1-3-14(15-10-4-5-11-15)13-8-6-12(2)7-9-13/h12-14H,3-11H2,1-2H3/q+1. The van der Waals surface area contributed by atoms with Crippen molar-refractivity contribution in [3.63, 3.8) is 0 Å². The fourth-order valence-corrected chi connectivity index (χ4v) is 6.73. The minimum Gasteiger partial charge on any atom is -0.0625 e. The van der Waals surface area contributed by atoms with Gasteiger partial charge in [-0.05, 0) is 48.9 Å². The van der Waals surface area contributed by atoms with Crippen LogP contribution >= 0.6 is 0 Å². The molecule has 0 bridgehead atoms. The van der Waals surface area contributed by atoms with Crippen LogP contribution in [0.2, 0.25) is 0 Å². The Kier molecular flexibility index (Phi) is 4.42. The molecule has 0 N–H and O–H groups in total. The summed E-state index contributed by atoms with van der Waals surface area (Å²) in [6.07, 6.45) is 10.6. The zero-order valence-corrected chi connectivity index (χ0v) is 11.3. The minimum absolute atomic E-state index is 0.826. The fraction of sp³-hybridized carbons (Fsp3) is 1.00. The van der Waals surface area contributed by atoms with Crippen LogP contribution in [0.4, 0.5) is 0 Å². The maximum Gasteiger partial charge on any atom is 0.120 e. The molecule has 15 heavy (non-hydrogen) atoms. The van der Waals surface area contributed by atoms with E-state index in [1.807, 2.05) is 0 Å². The molecule has 1 saturated heterocycles. The largest absolute Gasteiger partial charge is 0.120 e. The SMILES string of the molecule is CCC(C1CCC(C)CC1)[S+]1CCCC1. The quantitative estimate of drug-likeness (QED) is 0.639. The van der Waals surface area contributed by atoms with Crippen LogP contribution in [0, 0.1) is 11.8 Å². The van der Waals surface area contributed by atoms with Crippen molar-refractivity contribution in [1.29, 1.82) is 0 Å². The van der Waals surface area contributed by atoms with Crippen LogP contribution in [0.25, 0.3) is 0 Å². The highest BCUT2D eigenvalue weighted by Crippen LogP contribution is 2.36. The summed E-state index contributed by atoms with van der Waals surface area (Å²) in [5, 5.41) is 1.11. The maximum absolute atomic E-state index is 2.44. The predicted octanol–water partition coefficient (Wildman–Crippen LogP) is 4.00. The van der Waals surface area contributed by atoms with E-state index in [-0.39, 0.29) is 0 Å². The molecule has 1 aliphatic heterocycles. The third-order valence-electron chi connectivity index (χ3n) is 4.48. The monoisotopic (exact) mass is 227 g/mol. The van der Waals surface area contributed by atoms with E-state index in [1.165, 1.54) is 32.1 Å². The molecule has 0 amide bonds. The van der Waals surface area contributed by atoms with E-state index in [0.717, 1.165) is 28.0 Å². The molecule has 2 rings (SSSR count). The third-order valence-corrected chi connectivity index (χ3v) is 7.68. The maximum atomic E-state index is 2.44. The topological polar surface area (TPSA) is 0 Å². The summed E-state index contributed by atoms with van der Waals surface area (Å²) in [7, 11) is 0.826. The molecule has 1 saturated carbocycles. The number of rotatable bonds is 3. The first kappa shape index (κ1) is 11.8. The van der Waals surface area contributed by atoms with Crippen molar-refractivity contribution in [2.24, 2.45) is 11.8 Å². The van der Waals surface area contributed by atoms with Gasteiger partial charge >= 0.3 is 0 Å². The van der Waals surface area contributed by atoms with E-state index < -0.39 is 0 Å². The molecule has 1 unspecified atom stereocenters. The molecule has 0 spiro atoms. The van der Waals surface area contributed by atoms with Crippen molar-refractivity contribution in [3.8, 4) is 0 Å². The molecule has 1 atom stereocenters. The van der Waals surface area contributed by atoms with Crippen LogP contribution in [-0.2, 0) is 10.9 Å². The second-order valence-corrected chi connectivity index (χ2v) is 8.12. The predicted molar refractivity (Wildman–Crippen MR) is 71.5 cm³/mol. The number of hydrogen-bond donors (Lipinski definition) is 0. The third kappa shape index (κ3) is 2.93. The highest BCUT2D eigenvalue weighted by atomic mass is 32.2. The lowest BCUT2D eigenvalue weighted by molar-refractivity contribution is 0.281.